The Morgan fingerprint density at radius 3 is 2.50 bits per heavy atom. The van der Waals surface area contributed by atoms with Crippen LogP contribution in [0.2, 0.25) is 0 Å². The fourth-order valence-electron chi connectivity index (χ4n) is 2.88. The van der Waals surface area contributed by atoms with E-state index in [1.54, 1.807) is 6.20 Å². The molecule has 0 unspecified atom stereocenters. The molecule has 3 rings (SSSR count). The molecule has 140 valence electrons. The minimum absolute atomic E-state index is 0.506. The molecule has 0 amide bonds. The average molecular weight is 355 g/mol. The van der Waals surface area contributed by atoms with Crippen molar-refractivity contribution in [3.05, 3.63) is 30.5 Å². The van der Waals surface area contributed by atoms with Gasteiger partial charge in [-0.3, -0.25) is 0 Å². The highest BCUT2D eigenvalue weighted by molar-refractivity contribution is 5.59. The van der Waals surface area contributed by atoms with Crippen LogP contribution in [0.4, 0.5) is 23.1 Å². The van der Waals surface area contributed by atoms with Crippen molar-refractivity contribution in [2.24, 2.45) is 5.92 Å². The first-order chi connectivity index (χ1) is 12.6. The largest absolute Gasteiger partial charge is 0.369 e. The molecular weight excluding hydrogens is 326 g/mol. The molecule has 0 bridgehead atoms. The maximum absolute atomic E-state index is 4.47. The monoisotopic (exact) mass is 355 g/mol. The van der Waals surface area contributed by atoms with Gasteiger partial charge < -0.3 is 20.4 Å². The fourth-order valence-corrected chi connectivity index (χ4v) is 2.88. The lowest BCUT2D eigenvalue weighted by molar-refractivity contribution is 0.313. The van der Waals surface area contributed by atoms with Gasteiger partial charge in [0.15, 0.2) is 5.82 Å². The zero-order valence-electron chi connectivity index (χ0n) is 15.9. The molecule has 1 saturated heterocycles. The highest BCUT2D eigenvalue weighted by Gasteiger charge is 2.14. The molecular formula is C19H29N7. The van der Waals surface area contributed by atoms with Crippen LogP contribution in [0.25, 0.3) is 0 Å². The number of likely N-dealkylation sites (N-methyl/N-ethyl adjacent to an activating group) is 1. The van der Waals surface area contributed by atoms with E-state index in [0.717, 1.165) is 50.6 Å². The average Bonchev–Trinajstić information content (AvgIpc) is 2.63. The predicted molar refractivity (Wildman–Crippen MR) is 107 cm³/mol. The van der Waals surface area contributed by atoms with E-state index in [9.17, 15) is 0 Å². The lowest BCUT2D eigenvalue weighted by Gasteiger charge is -2.34. The van der Waals surface area contributed by atoms with Crippen LogP contribution in [0.5, 0.6) is 0 Å². The van der Waals surface area contributed by atoms with Crippen molar-refractivity contribution in [1.29, 1.82) is 0 Å². The van der Waals surface area contributed by atoms with Crippen LogP contribution in [-0.2, 0) is 0 Å². The van der Waals surface area contributed by atoms with Gasteiger partial charge in [0.05, 0.1) is 6.20 Å². The van der Waals surface area contributed by atoms with Crippen LogP contribution in [0.15, 0.2) is 30.5 Å². The van der Waals surface area contributed by atoms with Crippen LogP contribution in [0.3, 0.4) is 0 Å². The Labute approximate surface area is 155 Å². The smallest absolute Gasteiger partial charge is 0.249 e. The Morgan fingerprint density at radius 1 is 1.08 bits per heavy atom. The van der Waals surface area contributed by atoms with E-state index in [-0.39, 0.29) is 0 Å². The number of hydrogen-bond acceptors (Lipinski definition) is 7. The number of rotatable bonds is 7. The molecule has 0 aliphatic carbocycles. The van der Waals surface area contributed by atoms with E-state index >= 15 is 0 Å². The van der Waals surface area contributed by atoms with Crippen molar-refractivity contribution in [3.63, 3.8) is 0 Å². The van der Waals surface area contributed by atoms with E-state index in [1.807, 2.05) is 0 Å². The Morgan fingerprint density at radius 2 is 1.81 bits per heavy atom. The van der Waals surface area contributed by atoms with E-state index < -0.39 is 0 Å². The van der Waals surface area contributed by atoms with E-state index in [1.165, 1.54) is 5.69 Å². The number of benzene rings is 1. The van der Waals surface area contributed by atoms with Crippen molar-refractivity contribution < 1.29 is 0 Å². The van der Waals surface area contributed by atoms with Gasteiger partial charge in [-0.15, -0.1) is 5.10 Å². The summed E-state index contributed by atoms with van der Waals surface area (Å²) in [6.45, 7) is 9.65. The molecule has 0 atom stereocenters. The molecule has 7 heteroatoms. The third-order valence-electron chi connectivity index (χ3n) is 4.58. The van der Waals surface area contributed by atoms with Gasteiger partial charge in [0.25, 0.3) is 0 Å². The number of anilines is 4. The summed E-state index contributed by atoms with van der Waals surface area (Å²) in [6, 6.07) is 8.42. The quantitative estimate of drug-likeness (QED) is 0.791. The van der Waals surface area contributed by atoms with Gasteiger partial charge >= 0.3 is 0 Å². The highest BCUT2D eigenvalue weighted by Crippen LogP contribution is 2.21. The first-order valence-corrected chi connectivity index (χ1v) is 9.34. The normalized spacial score (nSPS) is 15.3. The first-order valence-electron chi connectivity index (χ1n) is 9.34. The molecule has 0 radical (unpaired) electrons. The number of nitrogens with one attached hydrogen (secondary N) is 2. The van der Waals surface area contributed by atoms with E-state index in [0.29, 0.717) is 11.9 Å². The fraction of sp³-hybridized carbons (Fsp3) is 0.526. The summed E-state index contributed by atoms with van der Waals surface area (Å²) in [5, 5.41) is 14.6. The van der Waals surface area contributed by atoms with Crippen LogP contribution in [0.1, 0.15) is 20.3 Å². The predicted octanol–water partition coefficient (Wildman–Crippen LogP) is 2.83. The lowest BCUT2D eigenvalue weighted by Crippen LogP contribution is -2.44. The van der Waals surface area contributed by atoms with Gasteiger partial charge in [-0.1, -0.05) is 13.8 Å². The third-order valence-corrected chi connectivity index (χ3v) is 4.58. The maximum atomic E-state index is 4.47. The Bertz CT molecular complexity index is 679. The zero-order valence-corrected chi connectivity index (χ0v) is 15.9. The van der Waals surface area contributed by atoms with Crippen molar-refractivity contribution >= 4 is 23.1 Å². The molecule has 1 aromatic carbocycles. The first kappa shape index (κ1) is 18.4. The number of hydrogen-bond donors (Lipinski definition) is 2. The molecule has 2 heterocycles. The van der Waals surface area contributed by atoms with Crippen molar-refractivity contribution in [2.45, 2.75) is 20.3 Å². The second-order valence-electron chi connectivity index (χ2n) is 7.24. The Kier molecular flexibility index (Phi) is 6.22. The summed E-state index contributed by atoms with van der Waals surface area (Å²) >= 11 is 0. The second kappa shape index (κ2) is 8.80. The minimum atomic E-state index is 0.506. The molecule has 1 aliphatic rings. The zero-order chi connectivity index (χ0) is 18.4. The molecule has 7 nitrogen and oxygen atoms in total. The number of aromatic nitrogens is 3. The molecule has 1 fully saturated rings. The van der Waals surface area contributed by atoms with Gasteiger partial charge in [-0.25, -0.2) is 0 Å². The molecule has 2 aromatic rings. The SMILES string of the molecule is CC(C)CCNc1cnnc(Nc2ccc(N3CCN(C)CC3)cc2)n1. The van der Waals surface area contributed by atoms with Crippen LogP contribution in [-0.4, -0.2) is 59.9 Å². The van der Waals surface area contributed by atoms with Gasteiger partial charge in [0.1, 0.15) is 0 Å². The van der Waals surface area contributed by atoms with E-state index in [4.69, 9.17) is 0 Å². The lowest BCUT2D eigenvalue weighted by atomic mass is 10.1. The van der Waals surface area contributed by atoms with Crippen LogP contribution in [0, 0.1) is 5.92 Å². The Balaban J connectivity index is 1.57. The molecule has 1 aliphatic heterocycles. The molecule has 0 saturated carbocycles. The Hall–Kier alpha value is -2.41. The van der Waals surface area contributed by atoms with Gasteiger partial charge in [0, 0.05) is 44.1 Å². The molecule has 2 N–H and O–H groups in total. The summed E-state index contributed by atoms with van der Waals surface area (Å²) in [7, 11) is 2.17. The van der Waals surface area contributed by atoms with Gasteiger partial charge in [-0.05, 0) is 43.7 Å². The van der Waals surface area contributed by atoms with Crippen molar-refractivity contribution in [3.8, 4) is 0 Å². The van der Waals surface area contributed by atoms with Crippen molar-refractivity contribution in [2.75, 3.05) is 55.3 Å². The second-order valence-corrected chi connectivity index (χ2v) is 7.24. The standard InChI is InChI=1S/C19H29N7/c1-15(2)8-9-20-18-14-21-24-19(23-18)22-16-4-6-17(7-5-16)26-12-10-25(3)11-13-26/h4-7,14-15H,8-13H2,1-3H3,(H2,20,22,23,24). The maximum Gasteiger partial charge on any atom is 0.249 e. The summed E-state index contributed by atoms with van der Waals surface area (Å²) in [6.07, 6.45) is 2.75. The number of piperazine rings is 1. The summed E-state index contributed by atoms with van der Waals surface area (Å²) < 4.78 is 0. The molecule has 0 spiro atoms. The topological polar surface area (TPSA) is 69.2 Å². The van der Waals surface area contributed by atoms with E-state index in [2.05, 4.69) is 80.8 Å². The third kappa shape index (κ3) is 5.29. The molecule has 1 aromatic heterocycles. The summed E-state index contributed by atoms with van der Waals surface area (Å²) in [5.74, 6) is 1.91. The van der Waals surface area contributed by atoms with Gasteiger partial charge in [-0.2, -0.15) is 10.1 Å². The summed E-state index contributed by atoms with van der Waals surface area (Å²) in [5.41, 5.74) is 2.22. The summed E-state index contributed by atoms with van der Waals surface area (Å²) in [4.78, 5) is 9.25. The number of nitrogens with zero attached hydrogens (tertiary/aromatic N) is 5. The minimum Gasteiger partial charge on any atom is -0.369 e. The van der Waals surface area contributed by atoms with Crippen molar-refractivity contribution in [1.82, 2.24) is 20.1 Å². The van der Waals surface area contributed by atoms with Crippen LogP contribution >= 0.6 is 0 Å². The van der Waals surface area contributed by atoms with Gasteiger partial charge in [0.2, 0.25) is 5.95 Å². The highest BCUT2D eigenvalue weighted by atomic mass is 15.3. The van der Waals surface area contributed by atoms with Crippen LogP contribution < -0.4 is 15.5 Å². The molecule has 26 heavy (non-hydrogen) atoms.